The lowest BCUT2D eigenvalue weighted by atomic mass is 10.0. The molecule has 1 unspecified atom stereocenters. The van der Waals surface area contributed by atoms with Crippen LogP contribution in [0.2, 0.25) is 5.02 Å². The Hall–Kier alpha value is -0.930. The highest BCUT2D eigenvalue weighted by Gasteiger charge is 2.22. The van der Waals surface area contributed by atoms with Crippen molar-refractivity contribution in [3.63, 3.8) is 0 Å². The first-order valence-corrected chi connectivity index (χ1v) is 4.83. The van der Waals surface area contributed by atoms with Crippen molar-refractivity contribution in [3.05, 3.63) is 22.2 Å². The molecule has 0 aliphatic carbocycles. The molecule has 1 aromatic carbocycles. The van der Waals surface area contributed by atoms with Crippen LogP contribution in [0.4, 0.5) is 0 Å². The molecule has 1 heterocycles. The summed E-state index contributed by atoms with van der Waals surface area (Å²) in [4.78, 5) is 0. The summed E-state index contributed by atoms with van der Waals surface area (Å²) >= 11 is 6.09. The minimum atomic E-state index is -0.100. The van der Waals surface area contributed by atoms with Gasteiger partial charge in [-0.05, 0) is 19.4 Å². The lowest BCUT2D eigenvalue weighted by molar-refractivity contribution is 0.173. The van der Waals surface area contributed by atoms with E-state index in [9.17, 15) is 0 Å². The predicted molar refractivity (Wildman–Crippen MR) is 54.9 cm³/mol. The van der Waals surface area contributed by atoms with Crippen LogP contribution in [0, 0.1) is 6.92 Å². The fourth-order valence-electron chi connectivity index (χ4n) is 1.74. The summed E-state index contributed by atoms with van der Waals surface area (Å²) in [5, 5.41) is 0.641. The molecule has 0 saturated heterocycles. The zero-order valence-corrected chi connectivity index (χ0v) is 8.89. The maximum atomic E-state index is 6.09. The van der Waals surface area contributed by atoms with Crippen LogP contribution in [-0.2, 0) is 0 Å². The molecule has 0 bridgehead atoms. The summed E-state index contributed by atoms with van der Waals surface area (Å²) in [6.45, 7) is 4.10. The van der Waals surface area contributed by atoms with Crippen LogP contribution in [-0.4, -0.2) is 6.79 Å². The Labute approximate surface area is 87.8 Å². The van der Waals surface area contributed by atoms with Crippen LogP contribution in [0.5, 0.6) is 11.5 Å². The van der Waals surface area contributed by atoms with E-state index in [1.165, 1.54) is 0 Å². The predicted octanol–water partition coefficient (Wildman–Crippen LogP) is 2.40. The van der Waals surface area contributed by atoms with Gasteiger partial charge in [-0.2, -0.15) is 0 Å². The number of nitrogens with two attached hydrogens (primary N) is 1. The van der Waals surface area contributed by atoms with Gasteiger partial charge in [-0.3, -0.25) is 0 Å². The molecule has 0 aromatic heterocycles. The van der Waals surface area contributed by atoms with Gasteiger partial charge < -0.3 is 15.2 Å². The summed E-state index contributed by atoms with van der Waals surface area (Å²) in [6, 6.07) is 1.66. The number of hydrogen-bond acceptors (Lipinski definition) is 3. The van der Waals surface area contributed by atoms with Crippen molar-refractivity contribution >= 4 is 11.6 Å². The summed E-state index contributed by atoms with van der Waals surface area (Å²) in [5.41, 5.74) is 7.73. The minimum Gasteiger partial charge on any atom is -0.454 e. The van der Waals surface area contributed by atoms with Gasteiger partial charge in [0.25, 0.3) is 0 Å². The van der Waals surface area contributed by atoms with Gasteiger partial charge in [-0.1, -0.05) is 11.6 Å². The van der Waals surface area contributed by atoms with Gasteiger partial charge in [0.15, 0.2) is 11.5 Å². The van der Waals surface area contributed by atoms with Gasteiger partial charge in [0, 0.05) is 22.7 Å². The summed E-state index contributed by atoms with van der Waals surface area (Å²) < 4.78 is 10.6. The van der Waals surface area contributed by atoms with Crippen molar-refractivity contribution in [2.45, 2.75) is 19.9 Å². The number of fused-ring (bicyclic) bond motifs is 1. The Bertz CT molecular complexity index is 377. The molecule has 0 fully saturated rings. The van der Waals surface area contributed by atoms with Crippen LogP contribution < -0.4 is 15.2 Å². The van der Waals surface area contributed by atoms with E-state index in [0.717, 1.165) is 16.9 Å². The molecular weight excluding hydrogens is 202 g/mol. The first kappa shape index (κ1) is 9.62. The molecule has 4 heteroatoms. The number of ether oxygens (including phenoxy) is 2. The van der Waals surface area contributed by atoms with Crippen molar-refractivity contribution in [3.8, 4) is 11.5 Å². The monoisotopic (exact) mass is 213 g/mol. The second-order valence-electron chi connectivity index (χ2n) is 3.42. The van der Waals surface area contributed by atoms with Crippen molar-refractivity contribution in [1.29, 1.82) is 0 Å². The van der Waals surface area contributed by atoms with Crippen LogP contribution in [0.25, 0.3) is 0 Å². The zero-order chi connectivity index (χ0) is 10.3. The van der Waals surface area contributed by atoms with Crippen LogP contribution in [0.15, 0.2) is 6.07 Å². The second-order valence-corrected chi connectivity index (χ2v) is 3.83. The molecule has 1 aliphatic rings. The molecule has 1 atom stereocenters. The average Bonchev–Trinajstić information content (AvgIpc) is 2.50. The number of rotatable bonds is 1. The van der Waals surface area contributed by atoms with Gasteiger partial charge in [0.1, 0.15) is 0 Å². The maximum Gasteiger partial charge on any atom is 0.231 e. The first-order valence-electron chi connectivity index (χ1n) is 4.45. The van der Waals surface area contributed by atoms with E-state index in [0.29, 0.717) is 10.8 Å². The molecular formula is C10H12ClNO2. The molecule has 2 rings (SSSR count). The van der Waals surface area contributed by atoms with Gasteiger partial charge in [-0.25, -0.2) is 0 Å². The van der Waals surface area contributed by atoms with E-state index in [2.05, 4.69) is 0 Å². The van der Waals surface area contributed by atoms with Crippen LogP contribution in [0.1, 0.15) is 24.1 Å². The highest BCUT2D eigenvalue weighted by atomic mass is 35.5. The molecule has 3 nitrogen and oxygen atoms in total. The highest BCUT2D eigenvalue weighted by molar-refractivity contribution is 6.31. The van der Waals surface area contributed by atoms with E-state index in [1.54, 1.807) is 6.07 Å². The molecule has 0 spiro atoms. The summed E-state index contributed by atoms with van der Waals surface area (Å²) in [6.07, 6.45) is 0. The van der Waals surface area contributed by atoms with Crippen molar-refractivity contribution < 1.29 is 9.47 Å². The van der Waals surface area contributed by atoms with Gasteiger partial charge in [0.2, 0.25) is 6.79 Å². The average molecular weight is 214 g/mol. The smallest absolute Gasteiger partial charge is 0.231 e. The lowest BCUT2D eigenvalue weighted by Crippen LogP contribution is -2.08. The van der Waals surface area contributed by atoms with E-state index in [-0.39, 0.29) is 12.8 Å². The Morgan fingerprint density at radius 3 is 2.86 bits per heavy atom. The Kier molecular flexibility index (Phi) is 2.29. The molecule has 2 N–H and O–H groups in total. The van der Waals surface area contributed by atoms with Gasteiger partial charge >= 0.3 is 0 Å². The standard InChI is InChI=1S/C10H12ClNO2/c1-5-9(6(2)12)7(11)3-8-10(5)14-4-13-8/h3,6H,4,12H2,1-2H3. The molecule has 1 aliphatic heterocycles. The number of benzene rings is 1. The van der Waals surface area contributed by atoms with E-state index < -0.39 is 0 Å². The zero-order valence-electron chi connectivity index (χ0n) is 8.13. The van der Waals surface area contributed by atoms with Crippen LogP contribution >= 0.6 is 11.6 Å². The number of halogens is 1. The molecule has 0 amide bonds. The van der Waals surface area contributed by atoms with Crippen LogP contribution in [0.3, 0.4) is 0 Å². The largest absolute Gasteiger partial charge is 0.454 e. The third-order valence-electron chi connectivity index (χ3n) is 2.36. The van der Waals surface area contributed by atoms with Crippen molar-refractivity contribution in [2.24, 2.45) is 5.73 Å². The molecule has 0 radical (unpaired) electrons. The molecule has 1 aromatic rings. The second kappa shape index (κ2) is 3.33. The van der Waals surface area contributed by atoms with E-state index in [4.69, 9.17) is 26.8 Å². The minimum absolute atomic E-state index is 0.100. The summed E-state index contributed by atoms with van der Waals surface area (Å²) in [7, 11) is 0. The highest BCUT2D eigenvalue weighted by Crippen LogP contribution is 2.42. The molecule has 14 heavy (non-hydrogen) atoms. The van der Waals surface area contributed by atoms with Gasteiger partial charge in [-0.15, -0.1) is 0 Å². The third kappa shape index (κ3) is 1.33. The van der Waals surface area contributed by atoms with E-state index in [1.807, 2.05) is 13.8 Å². The first-order chi connectivity index (χ1) is 6.61. The normalized spacial score (nSPS) is 15.7. The Balaban J connectivity index is 2.62. The van der Waals surface area contributed by atoms with E-state index >= 15 is 0 Å². The summed E-state index contributed by atoms with van der Waals surface area (Å²) in [5.74, 6) is 1.47. The Morgan fingerprint density at radius 1 is 1.50 bits per heavy atom. The lowest BCUT2D eigenvalue weighted by Gasteiger charge is -2.13. The van der Waals surface area contributed by atoms with Crippen molar-refractivity contribution in [1.82, 2.24) is 0 Å². The topological polar surface area (TPSA) is 44.5 Å². The fraction of sp³-hybridized carbons (Fsp3) is 0.400. The van der Waals surface area contributed by atoms with Crippen molar-refractivity contribution in [2.75, 3.05) is 6.79 Å². The quantitative estimate of drug-likeness (QED) is 0.779. The third-order valence-corrected chi connectivity index (χ3v) is 2.67. The molecule has 0 saturated carbocycles. The maximum absolute atomic E-state index is 6.09. The Morgan fingerprint density at radius 2 is 2.21 bits per heavy atom. The number of hydrogen-bond donors (Lipinski definition) is 1. The van der Waals surface area contributed by atoms with Gasteiger partial charge in [0.05, 0.1) is 0 Å². The molecule has 76 valence electrons. The fourth-order valence-corrected chi connectivity index (χ4v) is 2.16. The SMILES string of the molecule is Cc1c2c(cc(Cl)c1C(C)N)OCO2.